The van der Waals surface area contributed by atoms with Gasteiger partial charge in [-0.25, -0.2) is 9.78 Å². The zero-order chi connectivity index (χ0) is 22.9. The fourth-order valence-electron chi connectivity index (χ4n) is 4.23. The molecule has 33 heavy (non-hydrogen) atoms. The summed E-state index contributed by atoms with van der Waals surface area (Å²) in [6, 6.07) is 10.9. The van der Waals surface area contributed by atoms with Gasteiger partial charge in [-0.05, 0) is 48.9 Å². The van der Waals surface area contributed by atoms with Crippen molar-refractivity contribution >= 4 is 11.7 Å². The van der Waals surface area contributed by atoms with Crippen LogP contribution in [0.4, 0.5) is 10.5 Å². The van der Waals surface area contributed by atoms with E-state index in [2.05, 4.69) is 20.5 Å². The van der Waals surface area contributed by atoms with Gasteiger partial charge in [0.05, 0.1) is 11.9 Å². The number of carbonyl (C=O) groups is 1. The van der Waals surface area contributed by atoms with Crippen LogP contribution in [0.1, 0.15) is 38.5 Å². The predicted octanol–water partition coefficient (Wildman–Crippen LogP) is 5.06. The van der Waals surface area contributed by atoms with Crippen LogP contribution in [0.25, 0.3) is 11.1 Å². The number of aliphatic hydroxyl groups excluding tert-OH is 1. The maximum Gasteiger partial charge on any atom is 0.321 e. The van der Waals surface area contributed by atoms with Crippen molar-refractivity contribution in [2.45, 2.75) is 38.5 Å². The summed E-state index contributed by atoms with van der Waals surface area (Å²) in [6.07, 6.45) is 11.8. The second-order valence-corrected chi connectivity index (χ2v) is 8.43. The molecular weight excluding hydrogens is 418 g/mol. The van der Waals surface area contributed by atoms with E-state index in [1.165, 1.54) is 19.3 Å². The number of hydrogen-bond donors (Lipinski definition) is 3. The molecule has 0 spiro atoms. The Balaban J connectivity index is 1.55. The van der Waals surface area contributed by atoms with Crippen molar-refractivity contribution in [1.29, 1.82) is 0 Å². The number of aromatic nitrogens is 3. The Labute approximate surface area is 194 Å². The standard InChI is InChI=1S/C25H31N5O3/c31-14-6-13-30(18-19-7-2-1-3-8-19)25(32)29-22-11-10-20(21-16-27-28-17-21)15-23(22)33-24-9-4-5-12-26-24/h4-5,9-12,15-17,19,31H,1-3,6-8,13-14,18H2,(H,27,28)(H,29,32). The van der Waals surface area contributed by atoms with Gasteiger partial charge in [0.15, 0.2) is 5.75 Å². The normalized spacial score (nSPS) is 14.1. The van der Waals surface area contributed by atoms with Crippen molar-refractivity contribution in [1.82, 2.24) is 20.1 Å². The van der Waals surface area contributed by atoms with Gasteiger partial charge in [0.2, 0.25) is 5.88 Å². The number of nitrogens with zero attached hydrogens (tertiary/aromatic N) is 3. The van der Waals surface area contributed by atoms with E-state index in [1.807, 2.05) is 35.2 Å². The van der Waals surface area contributed by atoms with Gasteiger partial charge in [-0.1, -0.05) is 31.4 Å². The molecule has 2 heterocycles. The molecular formula is C25H31N5O3. The first-order valence-corrected chi connectivity index (χ1v) is 11.6. The van der Waals surface area contributed by atoms with Crippen LogP contribution < -0.4 is 10.1 Å². The van der Waals surface area contributed by atoms with Crippen LogP contribution in [0, 0.1) is 5.92 Å². The molecule has 174 valence electrons. The van der Waals surface area contributed by atoms with E-state index in [1.54, 1.807) is 24.7 Å². The van der Waals surface area contributed by atoms with E-state index in [4.69, 9.17) is 4.74 Å². The molecule has 3 aromatic rings. The summed E-state index contributed by atoms with van der Waals surface area (Å²) in [4.78, 5) is 19.3. The first kappa shape index (κ1) is 22.8. The third-order valence-corrected chi connectivity index (χ3v) is 5.98. The minimum absolute atomic E-state index is 0.0574. The number of urea groups is 1. The summed E-state index contributed by atoms with van der Waals surface area (Å²) < 4.78 is 6.04. The molecule has 1 aliphatic carbocycles. The highest BCUT2D eigenvalue weighted by Crippen LogP contribution is 2.34. The Morgan fingerprint density at radius 2 is 2.06 bits per heavy atom. The summed E-state index contributed by atoms with van der Waals surface area (Å²) in [5, 5.41) is 19.2. The molecule has 8 heteroatoms. The van der Waals surface area contributed by atoms with E-state index in [0.29, 0.717) is 42.7 Å². The Morgan fingerprint density at radius 3 is 2.79 bits per heavy atom. The minimum Gasteiger partial charge on any atom is -0.437 e. The lowest BCUT2D eigenvalue weighted by Crippen LogP contribution is -2.40. The highest BCUT2D eigenvalue weighted by Gasteiger charge is 2.22. The van der Waals surface area contributed by atoms with Crippen molar-refractivity contribution in [3.63, 3.8) is 0 Å². The van der Waals surface area contributed by atoms with Crippen molar-refractivity contribution < 1.29 is 14.6 Å². The Morgan fingerprint density at radius 1 is 1.18 bits per heavy atom. The number of H-pyrrole nitrogens is 1. The molecule has 0 radical (unpaired) electrons. The van der Waals surface area contributed by atoms with E-state index in [-0.39, 0.29) is 12.6 Å². The number of pyridine rings is 1. The lowest BCUT2D eigenvalue weighted by molar-refractivity contribution is 0.181. The summed E-state index contributed by atoms with van der Waals surface area (Å²) >= 11 is 0. The van der Waals surface area contributed by atoms with Crippen LogP contribution in [0.5, 0.6) is 11.6 Å². The molecule has 0 unspecified atom stereocenters. The molecule has 3 N–H and O–H groups in total. The van der Waals surface area contributed by atoms with Crippen LogP contribution in [-0.4, -0.2) is 50.9 Å². The molecule has 2 amide bonds. The molecule has 0 bridgehead atoms. The Bertz CT molecular complexity index is 1000. The molecule has 1 aromatic carbocycles. The second kappa shape index (κ2) is 11.5. The average Bonchev–Trinajstić information content (AvgIpc) is 3.39. The molecule has 0 atom stereocenters. The van der Waals surface area contributed by atoms with Gasteiger partial charge < -0.3 is 20.1 Å². The fourth-order valence-corrected chi connectivity index (χ4v) is 4.23. The van der Waals surface area contributed by atoms with Crippen LogP contribution in [0.3, 0.4) is 0 Å². The van der Waals surface area contributed by atoms with Gasteiger partial charge in [0.1, 0.15) is 0 Å². The lowest BCUT2D eigenvalue weighted by Gasteiger charge is -2.30. The van der Waals surface area contributed by atoms with Gasteiger partial charge in [-0.3, -0.25) is 5.10 Å². The molecule has 0 aliphatic heterocycles. The monoisotopic (exact) mass is 449 g/mol. The average molecular weight is 450 g/mol. The number of nitrogens with one attached hydrogen (secondary N) is 2. The lowest BCUT2D eigenvalue weighted by atomic mass is 9.89. The summed E-state index contributed by atoms with van der Waals surface area (Å²) in [5.74, 6) is 1.45. The number of hydrogen-bond acceptors (Lipinski definition) is 5. The molecule has 1 aliphatic rings. The highest BCUT2D eigenvalue weighted by atomic mass is 16.5. The topological polar surface area (TPSA) is 103 Å². The van der Waals surface area contributed by atoms with E-state index >= 15 is 0 Å². The Kier molecular flexibility index (Phi) is 7.92. The van der Waals surface area contributed by atoms with Crippen LogP contribution >= 0.6 is 0 Å². The van der Waals surface area contributed by atoms with Gasteiger partial charge in [-0.2, -0.15) is 5.10 Å². The van der Waals surface area contributed by atoms with Crippen LogP contribution in [0.2, 0.25) is 0 Å². The summed E-state index contributed by atoms with van der Waals surface area (Å²) in [5.41, 5.74) is 2.39. The number of benzene rings is 1. The van der Waals surface area contributed by atoms with E-state index in [9.17, 15) is 9.90 Å². The SMILES string of the molecule is O=C(Nc1ccc(-c2cn[nH]c2)cc1Oc1ccccn1)N(CCCO)CC1CCCCC1. The maximum atomic E-state index is 13.3. The predicted molar refractivity (Wildman–Crippen MR) is 127 cm³/mol. The maximum absolute atomic E-state index is 13.3. The van der Waals surface area contributed by atoms with Gasteiger partial charge in [-0.15, -0.1) is 0 Å². The van der Waals surface area contributed by atoms with E-state index in [0.717, 1.165) is 24.0 Å². The zero-order valence-corrected chi connectivity index (χ0v) is 18.7. The molecule has 4 rings (SSSR count). The Hall–Kier alpha value is -3.39. The number of ether oxygens (including phenoxy) is 1. The first-order chi connectivity index (χ1) is 16.2. The summed E-state index contributed by atoms with van der Waals surface area (Å²) in [6.45, 7) is 1.28. The zero-order valence-electron chi connectivity index (χ0n) is 18.7. The smallest absolute Gasteiger partial charge is 0.321 e. The van der Waals surface area contributed by atoms with E-state index < -0.39 is 0 Å². The van der Waals surface area contributed by atoms with Crippen LogP contribution in [0.15, 0.2) is 55.0 Å². The number of rotatable bonds is 9. The number of carbonyl (C=O) groups excluding carboxylic acids is 1. The molecule has 0 saturated heterocycles. The van der Waals surface area contributed by atoms with Gasteiger partial charge in [0.25, 0.3) is 0 Å². The minimum atomic E-state index is -0.184. The summed E-state index contributed by atoms with van der Waals surface area (Å²) in [7, 11) is 0. The van der Waals surface area contributed by atoms with Gasteiger partial charge in [0, 0.05) is 43.7 Å². The van der Waals surface area contributed by atoms with Crippen molar-refractivity contribution in [2.75, 3.05) is 25.0 Å². The third kappa shape index (κ3) is 6.32. The quantitative estimate of drug-likeness (QED) is 0.424. The molecule has 1 saturated carbocycles. The van der Waals surface area contributed by atoms with Crippen molar-refractivity contribution in [3.8, 4) is 22.8 Å². The number of aromatic amines is 1. The third-order valence-electron chi connectivity index (χ3n) is 5.98. The first-order valence-electron chi connectivity index (χ1n) is 11.6. The number of amides is 2. The molecule has 2 aromatic heterocycles. The van der Waals surface area contributed by atoms with Crippen LogP contribution in [-0.2, 0) is 0 Å². The highest BCUT2D eigenvalue weighted by molar-refractivity contribution is 5.91. The molecule has 1 fully saturated rings. The fraction of sp³-hybridized carbons (Fsp3) is 0.400. The number of aliphatic hydroxyl groups is 1. The second-order valence-electron chi connectivity index (χ2n) is 8.43. The molecule has 8 nitrogen and oxygen atoms in total. The van der Waals surface area contributed by atoms with Crippen molar-refractivity contribution in [3.05, 3.63) is 55.0 Å². The van der Waals surface area contributed by atoms with Crippen molar-refractivity contribution in [2.24, 2.45) is 5.92 Å². The largest absolute Gasteiger partial charge is 0.437 e. The number of anilines is 1. The van der Waals surface area contributed by atoms with Gasteiger partial charge >= 0.3 is 6.03 Å².